The first-order chi connectivity index (χ1) is 9.35. The van der Waals surface area contributed by atoms with Gasteiger partial charge in [-0.3, -0.25) is 4.68 Å². The largest absolute Gasteiger partial charge is 0.496 e. The summed E-state index contributed by atoms with van der Waals surface area (Å²) >= 11 is 0. The Hall–Kier alpha value is -1.81. The van der Waals surface area contributed by atoms with Crippen molar-refractivity contribution < 1.29 is 4.74 Å². The molecule has 0 aliphatic carbocycles. The van der Waals surface area contributed by atoms with Crippen LogP contribution in [0.1, 0.15) is 24.9 Å². The van der Waals surface area contributed by atoms with Gasteiger partial charge in [0.15, 0.2) is 0 Å². The van der Waals surface area contributed by atoms with E-state index in [2.05, 4.69) is 29.5 Å². The second kappa shape index (κ2) is 6.95. The molecule has 0 radical (unpaired) electrons. The molecule has 1 aromatic heterocycles. The van der Waals surface area contributed by atoms with Crippen molar-refractivity contribution in [2.45, 2.75) is 25.9 Å². The van der Waals surface area contributed by atoms with Gasteiger partial charge >= 0.3 is 0 Å². The summed E-state index contributed by atoms with van der Waals surface area (Å²) in [5.41, 5.74) is 1.22. The van der Waals surface area contributed by atoms with Crippen LogP contribution in [0.15, 0.2) is 42.7 Å². The van der Waals surface area contributed by atoms with Crippen molar-refractivity contribution in [3.63, 3.8) is 0 Å². The van der Waals surface area contributed by atoms with Gasteiger partial charge in [0.1, 0.15) is 5.75 Å². The van der Waals surface area contributed by atoms with Crippen LogP contribution in [0.25, 0.3) is 0 Å². The van der Waals surface area contributed by atoms with E-state index in [-0.39, 0.29) is 0 Å². The van der Waals surface area contributed by atoms with Crippen LogP contribution in [0, 0.1) is 0 Å². The third kappa shape index (κ3) is 3.58. The summed E-state index contributed by atoms with van der Waals surface area (Å²) in [6.45, 7) is 3.94. The van der Waals surface area contributed by atoms with Crippen molar-refractivity contribution in [1.29, 1.82) is 0 Å². The number of aromatic nitrogens is 2. The van der Waals surface area contributed by atoms with Gasteiger partial charge in [-0.25, -0.2) is 0 Å². The SMILES string of the molecule is CCC(NCCn1cccn1)c1ccccc1OC. The molecule has 1 atom stereocenters. The fourth-order valence-electron chi connectivity index (χ4n) is 2.21. The van der Waals surface area contributed by atoms with Crippen LogP contribution in [0.2, 0.25) is 0 Å². The van der Waals surface area contributed by atoms with Crippen LogP contribution in [-0.4, -0.2) is 23.4 Å². The van der Waals surface area contributed by atoms with E-state index in [9.17, 15) is 0 Å². The first-order valence-electron chi connectivity index (χ1n) is 6.69. The van der Waals surface area contributed by atoms with Gasteiger partial charge in [0.2, 0.25) is 0 Å². The zero-order chi connectivity index (χ0) is 13.5. The van der Waals surface area contributed by atoms with E-state index >= 15 is 0 Å². The second-order valence-electron chi connectivity index (χ2n) is 4.43. The predicted octanol–water partition coefficient (Wildman–Crippen LogP) is 2.63. The smallest absolute Gasteiger partial charge is 0.123 e. The number of nitrogens with one attached hydrogen (secondary N) is 1. The van der Waals surface area contributed by atoms with E-state index in [1.165, 1.54) is 5.56 Å². The molecule has 0 saturated carbocycles. The fourth-order valence-corrected chi connectivity index (χ4v) is 2.21. The molecule has 0 aliphatic heterocycles. The number of nitrogens with zero attached hydrogens (tertiary/aromatic N) is 2. The van der Waals surface area contributed by atoms with E-state index in [4.69, 9.17) is 4.74 Å². The number of ether oxygens (including phenoxy) is 1. The highest BCUT2D eigenvalue weighted by Gasteiger charge is 2.12. The average Bonchev–Trinajstić information content (AvgIpc) is 2.97. The molecule has 1 N–H and O–H groups in total. The Balaban J connectivity index is 1.95. The minimum absolute atomic E-state index is 0.312. The molecule has 2 aromatic rings. The monoisotopic (exact) mass is 259 g/mol. The third-order valence-corrected chi connectivity index (χ3v) is 3.21. The normalized spacial score (nSPS) is 12.3. The predicted molar refractivity (Wildman–Crippen MR) is 76.3 cm³/mol. The highest BCUT2D eigenvalue weighted by molar-refractivity contribution is 5.35. The first kappa shape index (κ1) is 13.6. The summed E-state index contributed by atoms with van der Waals surface area (Å²) in [6.07, 6.45) is 4.81. The maximum absolute atomic E-state index is 5.42. The first-order valence-corrected chi connectivity index (χ1v) is 6.69. The van der Waals surface area contributed by atoms with Gasteiger partial charge in [-0.1, -0.05) is 25.1 Å². The third-order valence-electron chi connectivity index (χ3n) is 3.21. The van der Waals surface area contributed by atoms with Crippen LogP contribution >= 0.6 is 0 Å². The molecule has 0 fully saturated rings. The number of hydrogen-bond acceptors (Lipinski definition) is 3. The lowest BCUT2D eigenvalue weighted by molar-refractivity contribution is 0.394. The molecular weight excluding hydrogens is 238 g/mol. The highest BCUT2D eigenvalue weighted by atomic mass is 16.5. The van der Waals surface area contributed by atoms with Crippen LogP contribution in [0.5, 0.6) is 5.75 Å². The quantitative estimate of drug-likeness (QED) is 0.831. The Morgan fingerprint density at radius 1 is 1.32 bits per heavy atom. The Kier molecular flexibility index (Phi) is 4.98. The number of rotatable bonds is 7. The summed E-state index contributed by atoms with van der Waals surface area (Å²) in [5.74, 6) is 0.945. The average molecular weight is 259 g/mol. The van der Waals surface area contributed by atoms with Crippen LogP contribution in [0.3, 0.4) is 0 Å². The molecule has 4 nitrogen and oxygen atoms in total. The molecule has 1 unspecified atom stereocenters. The van der Waals surface area contributed by atoms with Gasteiger partial charge < -0.3 is 10.1 Å². The molecule has 19 heavy (non-hydrogen) atoms. The van der Waals surface area contributed by atoms with Gasteiger partial charge in [0.05, 0.1) is 13.7 Å². The van der Waals surface area contributed by atoms with E-state index in [0.29, 0.717) is 6.04 Å². The lowest BCUT2D eigenvalue weighted by Crippen LogP contribution is -2.25. The lowest BCUT2D eigenvalue weighted by Gasteiger charge is -2.20. The van der Waals surface area contributed by atoms with E-state index in [0.717, 1.165) is 25.3 Å². The van der Waals surface area contributed by atoms with Gasteiger partial charge in [-0.05, 0) is 18.6 Å². The Morgan fingerprint density at radius 2 is 2.16 bits per heavy atom. The van der Waals surface area contributed by atoms with Gasteiger partial charge in [0, 0.05) is 30.5 Å². The molecule has 102 valence electrons. The van der Waals surface area contributed by atoms with Crippen molar-refractivity contribution >= 4 is 0 Å². The Morgan fingerprint density at radius 3 is 2.84 bits per heavy atom. The second-order valence-corrected chi connectivity index (χ2v) is 4.43. The van der Waals surface area contributed by atoms with Gasteiger partial charge in [0.25, 0.3) is 0 Å². The Bertz CT molecular complexity index is 482. The van der Waals surface area contributed by atoms with Gasteiger partial charge in [-0.2, -0.15) is 5.10 Å². The number of benzene rings is 1. The lowest BCUT2D eigenvalue weighted by atomic mass is 10.0. The molecular formula is C15H21N3O. The zero-order valence-electron chi connectivity index (χ0n) is 11.5. The topological polar surface area (TPSA) is 39.1 Å². The summed E-state index contributed by atoms with van der Waals surface area (Å²) < 4.78 is 7.36. The molecule has 0 bridgehead atoms. The molecule has 0 saturated heterocycles. The van der Waals surface area contributed by atoms with Crippen LogP contribution in [-0.2, 0) is 6.54 Å². The molecule has 1 aromatic carbocycles. The molecule has 0 spiro atoms. The number of hydrogen-bond donors (Lipinski definition) is 1. The van der Waals surface area contributed by atoms with E-state index in [1.807, 2.05) is 29.1 Å². The van der Waals surface area contributed by atoms with E-state index in [1.54, 1.807) is 13.3 Å². The van der Waals surface area contributed by atoms with Crippen molar-refractivity contribution in [3.05, 3.63) is 48.3 Å². The summed E-state index contributed by atoms with van der Waals surface area (Å²) in [6, 6.07) is 10.4. The summed E-state index contributed by atoms with van der Waals surface area (Å²) in [4.78, 5) is 0. The molecule has 0 amide bonds. The van der Waals surface area contributed by atoms with Crippen molar-refractivity contribution in [3.8, 4) is 5.75 Å². The van der Waals surface area contributed by atoms with Crippen molar-refractivity contribution in [2.24, 2.45) is 0 Å². The van der Waals surface area contributed by atoms with Crippen LogP contribution < -0.4 is 10.1 Å². The van der Waals surface area contributed by atoms with Crippen LogP contribution in [0.4, 0.5) is 0 Å². The Labute approximate surface area is 114 Å². The molecule has 4 heteroatoms. The molecule has 0 aliphatic rings. The molecule has 1 heterocycles. The van der Waals surface area contributed by atoms with Crippen molar-refractivity contribution in [1.82, 2.24) is 15.1 Å². The number of para-hydroxylation sites is 1. The van der Waals surface area contributed by atoms with E-state index < -0.39 is 0 Å². The fraction of sp³-hybridized carbons (Fsp3) is 0.400. The maximum atomic E-state index is 5.42. The molecule has 2 rings (SSSR count). The summed E-state index contributed by atoms with van der Waals surface area (Å²) in [7, 11) is 1.72. The summed E-state index contributed by atoms with van der Waals surface area (Å²) in [5, 5.41) is 7.76. The minimum atomic E-state index is 0.312. The highest BCUT2D eigenvalue weighted by Crippen LogP contribution is 2.26. The number of methoxy groups -OCH3 is 1. The zero-order valence-corrected chi connectivity index (χ0v) is 11.5. The standard InChI is InChI=1S/C15H21N3O/c1-3-14(13-7-4-5-8-15(13)19-2)16-10-12-18-11-6-9-17-18/h4-9,11,14,16H,3,10,12H2,1-2H3. The minimum Gasteiger partial charge on any atom is -0.496 e. The van der Waals surface area contributed by atoms with Gasteiger partial charge in [-0.15, -0.1) is 0 Å². The maximum Gasteiger partial charge on any atom is 0.123 e. The van der Waals surface area contributed by atoms with Crippen molar-refractivity contribution in [2.75, 3.05) is 13.7 Å².